The van der Waals surface area contributed by atoms with Crippen LogP contribution in [0.4, 0.5) is 13.2 Å². The van der Waals surface area contributed by atoms with Crippen molar-refractivity contribution in [2.24, 2.45) is 0 Å². The van der Waals surface area contributed by atoms with Crippen LogP contribution in [0.3, 0.4) is 0 Å². The molecule has 0 saturated heterocycles. The number of benzene rings is 1. The summed E-state index contributed by atoms with van der Waals surface area (Å²) in [7, 11) is 0. The standard InChI is InChI=1S/C14H18F3NO.C2H2O4/c15-14(16,17)11-4-3-7-13(10-11)19-9-8-18-12-5-1-2-6-12;3-1(4)2(5)6/h3-4,7,10,12,18H,1-2,5-6,8-9H2;(H,3,4)(H,5,6). The highest BCUT2D eigenvalue weighted by Crippen LogP contribution is 2.31. The van der Waals surface area contributed by atoms with Crippen LogP contribution in [0.15, 0.2) is 24.3 Å². The lowest BCUT2D eigenvalue weighted by Gasteiger charge is -2.13. The molecule has 2 rings (SSSR count). The minimum absolute atomic E-state index is 0.267. The molecule has 0 atom stereocenters. The molecule has 140 valence electrons. The molecule has 0 aliphatic heterocycles. The van der Waals surface area contributed by atoms with Crippen LogP contribution in [0, 0.1) is 0 Å². The van der Waals surface area contributed by atoms with Crippen molar-refractivity contribution < 1.29 is 37.7 Å². The lowest BCUT2D eigenvalue weighted by molar-refractivity contribution is -0.159. The van der Waals surface area contributed by atoms with E-state index in [1.54, 1.807) is 6.07 Å². The number of nitrogens with one attached hydrogen (secondary N) is 1. The molecule has 9 heteroatoms. The first kappa shape index (κ1) is 20.8. The molecule has 3 N–H and O–H groups in total. The summed E-state index contributed by atoms with van der Waals surface area (Å²) in [6.07, 6.45) is 0.562. The number of rotatable bonds is 5. The molecule has 0 amide bonds. The third-order valence-electron chi connectivity index (χ3n) is 3.50. The van der Waals surface area contributed by atoms with E-state index in [4.69, 9.17) is 24.5 Å². The molecule has 6 nitrogen and oxygen atoms in total. The molecule has 1 fully saturated rings. The molecule has 0 bridgehead atoms. The zero-order valence-electron chi connectivity index (χ0n) is 13.4. The van der Waals surface area contributed by atoms with Gasteiger partial charge in [0.25, 0.3) is 0 Å². The molecular formula is C16H20F3NO5. The van der Waals surface area contributed by atoms with E-state index in [0.29, 0.717) is 19.2 Å². The highest BCUT2D eigenvalue weighted by Gasteiger charge is 2.30. The number of carboxylic acid groups (broad SMARTS) is 2. The van der Waals surface area contributed by atoms with Gasteiger partial charge in [0.15, 0.2) is 0 Å². The van der Waals surface area contributed by atoms with E-state index in [0.717, 1.165) is 12.1 Å². The van der Waals surface area contributed by atoms with Gasteiger partial charge in [0, 0.05) is 12.6 Å². The fourth-order valence-electron chi connectivity index (χ4n) is 2.32. The van der Waals surface area contributed by atoms with Crippen LogP contribution in [0.5, 0.6) is 5.75 Å². The summed E-state index contributed by atoms with van der Waals surface area (Å²) >= 11 is 0. The molecule has 0 heterocycles. The van der Waals surface area contributed by atoms with Gasteiger partial charge in [0.1, 0.15) is 12.4 Å². The Morgan fingerprint density at radius 3 is 2.28 bits per heavy atom. The van der Waals surface area contributed by atoms with Gasteiger partial charge in [-0.15, -0.1) is 0 Å². The number of carbonyl (C=O) groups is 2. The normalized spacial score (nSPS) is 14.5. The first-order valence-electron chi connectivity index (χ1n) is 7.70. The molecule has 0 aromatic heterocycles. The van der Waals surface area contributed by atoms with Crippen molar-refractivity contribution in [3.63, 3.8) is 0 Å². The Morgan fingerprint density at radius 2 is 1.76 bits per heavy atom. The second kappa shape index (κ2) is 9.87. The molecule has 0 spiro atoms. The molecule has 1 saturated carbocycles. The number of hydrogen-bond donors (Lipinski definition) is 3. The summed E-state index contributed by atoms with van der Waals surface area (Å²) in [5.41, 5.74) is -0.672. The predicted molar refractivity (Wildman–Crippen MR) is 82.5 cm³/mol. The van der Waals surface area contributed by atoms with Crippen molar-refractivity contribution in [2.45, 2.75) is 37.9 Å². The van der Waals surface area contributed by atoms with E-state index in [1.807, 2.05) is 0 Å². The van der Waals surface area contributed by atoms with Gasteiger partial charge in [-0.05, 0) is 31.0 Å². The average molecular weight is 363 g/mol. The van der Waals surface area contributed by atoms with Gasteiger partial charge in [0.05, 0.1) is 5.56 Å². The van der Waals surface area contributed by atoms with Crippen molar-refractivity contribution in [3.05, 3.63) is 29.8 Å². The van der Waals surface area contributed by atoms with E-state index in [2.05, 4.69) is 5.32 Å². The fraction of sp³-hybridized carbons (Fsp3) is 0.500. The van der Waals surface area contributed by atoms with Crippen molar-refractivity contribution >= 4 is 11.9 Å². The number of carboxylic acids is 2. The lowest BCUT2D eigenvalue weighted by Crippen LogP contribution is -2.30. The van der Waals surface area contributed by atoms with Gasteiger partial charge in [-0.3, -0.25) is 0 Å². The summed E-state index contributed by atoms with van der Waals surface area (Å²) in [6.45, 7) is 1.05. The van der Waals surface area contributed by atoms with Crippen molar-refractivity contribution in [1.29, 1.82) is 0 Å². The highest BCUT2D eigenvalue weighted by molar-refractivity contribution is 6.27. The topological polar surface area (TPSA) is 95.9 Å². The Bertz CT molecular complexity index is 559. The first-order valence-corrected chi connectivity index (χ1v) is 7.70. The Labute approximate surface area is 142 Å². The number of aliphatic carboxylic acids is 2. The molecule has 1 aromatic rings. The van der Waals surface area contributed by atoms with Crippen LogP contribution < -0.4 is 10.1 Å². The van der Waals surface area contributed by atoms with Crippen molar-refractivity contribution in [2.75, 3.05) is 13.2 Å². The smallest absolute Gasteiger partial charge is 0.416 e. The maximum Gasteiger partial charge on any atom is 0.416 e. The van der Waals surface area contributed by atoms with E-state index in [-0.39, 0.29) is 5.75 Å². The van der Waals surface area contributed by atoms with Gasteiger partial charge in [-0.25, -0.2) is 9.59 Å². The zero-order valence-corrected chi connectivity index (χ0v) is 13.4. The fourth-order valence-corrected chi connectivity index (χ4v) is 2.32. The van der Waals surface area contributed by atoms with Crippen molar-refractivity contribution in [1.82, 2.24) is 5.32 Å². The van der Waals surface area contributed by atoms with E-state index in [1.165, 1.54) is 31.7 Å². The molecule has 1 aliphatic carbocycles. The lowest BCUT2D eigenvalue weighted by atomic mass is 10.2. The van der Waals surface area contributed by atoms with E-state index >= 15 is 0 Å². The minimum Gasteiger partial charge on any atom is -0.492 e. The molecule has 1 aliphatic rings. The van der Waals surface area contributed by atoms with E-state index in [9.17, 15) is 13.2 Å². The molecule has 0 radical (unpaired) electrons. The summed E-state index contributed by atoms with van der Waals surface area (Å²) in [5, 5.41) is 18.1. The van der Waals surface area contributed by atoms with Gasteiger partial charge in [-0.2, -0.15) is 13.2 Å². The first-order chi connectivity index (χ1) is 11.7. The van der Waals surface area contributed by atoms with Gasteiger partial charge >= 0.3 is 18.1 Å². The van der Waals surface area contributed by atoms with Crippen molar-refractivity contribution in [3.8, 4) is 5.75 Å². The Morgan fingerprint density at radius 1 is 1.16 bits per heavy atom. The second-order valence-electron chi connectivity index (χ2n) is 5.42. The zero-order chi connectivity index (χ0) is 18.9. The maximum absolute atomic E-state index is 12.5. The minimum atomic E-state index is -4.32. The Balaban J connectivity index is 0.000000450. The monoisotopic (exact) mass is 363 g/mol. The third kappa shape index (κ3) is 8.39. The third-order valence-corrected chi connectivity index (χ3v) is 3.50. The van der Waals surface area contributed by atoms with Gasteiger partial charge in [-0.1, -0.05) is 18.9 Å². The molecule has 0 unspecified atom stereocenters. The predicted octanol–water partition coefficient (Wildman–Crippen LogP) is 2.77. The van der Waals surface area contributed by atoms with Crippen LogP contribution in [-0.4, -0.2) is 41.3 Å². The summed E-state index contributed by atoms with van der Waals surface area (Å²) in [5.74, 6) is -3.38. The second-order valence-corrected chi connectivity index (χ2v) is 5.42. The molecular weight excluding hydrogens is 343 g/mol. The number of alkyl halides is 3. The Kier molecular flexibility index (Phi) is 8.20. The molecule has 1 aromatic carbocycles. The van der Waals surface area contributed by atoms with E-state index < -0.39 is 23.7 Å². The summed E-state index contributed by atoms with van der Waals surface area (Å²) < 4.78 is 42.8. The van der Waals surface area contributed by atoms with Crippen LogP contribution in [0.1, 0.15) is 31.2 Å². The maximum atomic E-state index is 12.5. The molecule has 25 heavy (non-hydrogen) atoms. The average Bonchev–Trinajstić information content (AvgIpc) is 3.05. The van der Waals surface area contributed by atoms with Gasteiger partial charge < -0.3 is 20.3 Å². The van der Waals surface area contributed by atoms with Crippen LogP contribution in [0.25, 0.3) is 0 Å². The summed E-state index contributed by atoms with van der Waals surface area (Å²) in [4.78, 5) is 18.2. The largest absolute Gasteiger partial charge is 0.492 e. The number of ether oxygens (including phenoxy) is 1. The SMILES string of the molecule is FC(F)(F)c1cccc(OCCNC2CCCC2)c1.O=C(O)C(=O)O. The van der Waals surface area contributed by atoms with Crippen LogP contribution in [0.2, 0.25) is 0 Å². The Hall–Kier alpha value is -2.29. The summed E-state index contributed by atoms with van der Waals surface area (Å²) in [6, 6.07) is 5.54. The van der Waals surface area contributed by atoms with Gasteiger partial charge in [0.2, 0.25) is 0 Å². The van der Waals surface area contributed by atoms with Crippen LogP contribution >= 0.6 is 0 Å². The quantitative estimate of drug-likeness (QED) is 0.550. The van der Waals surface area contributed by atoms with Crippen LogP contribution in [-0.2, 0) is 15.8 Å². The number of hydrogen-bond acceptors (Lipinski definition) is 4. The highest BCUT2D eigenvalue weighted by atomic mass is 19.4. The number of halogens is 3.